The third kappa shape index (κ3) is 4.16. The maximum absolute atomic E-state index is 13.1. The summed E-state index contributed by atoms with van der Waals surface area (Å²) in [6, 6.07) is 11.5. The van der Waals surface area contributed by atoms with Gasteiger partial charge in [0.25, 0.3) is 10.0 Å². The van der Waals surface area contributed by atoms with Gasteiger partial charge in [0.05, 0.1) is 16.7 Å². The molecule has 2 rings (SSSR count). The van der Waals surface area contributed by atoms with E-state index in [2.05, 4.69) is 4.72 Å². The first-order valence-electron chi connectivity index (χ1n) is 6.16. The van der Waals surface area contributed by atoms with Gasteiger partial charge in [-0.1, -0.05) is 30.3 Å². The highest BCUT2D eigenvalue weighted by Gasteiger charge is 2.15. The fourth-order valence-corrected chi connectivity index (χ4v) is 2.59. The van der Waals surface area contributed by atoms with Crippen molar-refractivity contribution in [3.63, 3.8) is 0 Å². The maximum atomic E-state index is 13.1. The Hall–Kier alpha value is -2.67. The van der Waals surface area contributed by atoms with Gasteiger partial charge in [-0.15, -0.1) is 0 Å². The van der Waals surface area contributed by atoms with Crippen LogP contribution in [0.25, 0.3) is 6.08 Å². The van der Waals surface area contributed by atoms with Crippen LogP contribution in [-0.2, 0) is 10.0 Å². The van der Waals surface area contributed by atoms with E-state index in [1.807, 2.05) is 0 Å². The Morgan fingerprint density at radius 3 is 2.45 bits per heavy atom. The summed E-state index contributed by atoms with van der Waals surface area (Å²) in [6.45, 7) is 0. The highest BCUT2D eigenvalue weighted by Crippen LogP contribution is 2.19. The fourth-order valence-electron chi connectivity index (χ4n) is 1.70. The second-order valence-electron chi connectivity index (χ2n) is 4.36. The van der Waals surface area contributed by atoms with Crippen molar-refractivity contribution < 1.29 is 22.7 Å². The van der Waals surface area contributed by atoms with Crippen molar-refractivity contribution in [3.05, 3.63) is 70.9 Å². The molecule has 0 heterocycles. The molecule has 2 aromatic carbocycles. The quantitative estimate of drug-likeness (QED) is 0.887. The maximum Gasteiger partial charge on any atom is 0.337 e. The topological polar surface area (TPSA) is 83.5 Å². The Labute approximate surface area is 126 Å². The van der Waals surface area contributed by atoms with Crippen molar-refractivity contribution in [2.45, 2.75) is 0 Å². The van der Waals surface area contributed by atoms with Crippen molar-refractivity contribution >= 4 is 27.8 Å². The number of carbonyl (C=O) groups is 1. The van der Waals surface area contributed by atoms with Gasteiger partial charge in [-0.3, -0.25) is 4.72 Å². The number of carboxylic acids is 1. The Morgan fingerprint density at radius 1 is 1.14 bits per heavy atom. The predicted octanol–water partition coefficient (Wildman–Crippen LogP) is 2.94. The number of aromatic carboxylic acids is 1. The average Bonchev–Trinajstić information content (AvgIpc) is 2.48. The minimum Gasteiger partial charge on any atom is -0.478 e. The van der Waals surface area contributed by atoms with Crippen LogP contribution in [0, 0.1) is 5.82 Å². The van der Waals surface area contributed by atoms with E-state index in [0.29, 0.717) is 5.56 Å². The Balaban J connectivity index is 2.26. The molecule has 0 bridgehead atoms. The molecule has 0 unspecified atom stereocenters. The molecule has 0 aliphatic carbocycles. The largest absolute Gasteiger partial charge is 0.478 e. The zero-order chi connectivity index (χ0) is 16.2. The molecule has 22 heavy (non-hydrogen) atoms. The first-order chi connectivity index (χ1) is 10.4. The minimum absolute atomic E-state index is 0.202. The third-order valence-corrected chi connectivity index (χ3v) is 3.70. The number of sulfonamides is 1. The zero-order valence-corrected chi connectivity index (χ0v) is 12.0. The lowest BCUT2D eigenvalue weighted by atomic mass is 10.2. The number of rotatable bonds is 5. The van der Waals surface area contributed by atoms with Crippen LogP contribution in [-0.4, -0.2) is 19.5 Å². The number of hydrogen-bond acceptors (Lipinski definition) is 3. The molecule has 2 N–H and O–H groups in total. The van der Waals surface area contributed by atoms with Crippen molar-refractivity contribution in [2.75, 3.05) is 4.72 Å². The number of benzene rings is 2. The number of nitrogens with one attached hydrogen (secondary N) is 1. The molecule has 114 valence electrons. The lowest BCUT2D eigenvalue weighted by Gasteiger charge is -2.08. The van der Waals surface area contributed by atoms with Crippen LogP contribution < -0.4 is 4.72 Å². The molecule has 2 aromatic rings. The molecule has 0 radical (unpaired) electrons. The minimum atomic E-state index is -3.92. The number of halogens is 1. The summed E-state index contributed by atoms with van der Waals surface area (Å²) >= 11 is 0. The molecule has 0 spiro atoms. The van der Waals surface area contributed by atoms with Gasteiger partial charge in [0.15, 0.2) is 0 Å². The van der Waals surface area contributed by atoms with Crippen LogP contribution in [0.3, 0.4) is 0 Å². The third-order valence-electron chi connectivity index (χ3n) is 2.70. The molecule has 0 fully saturated rings. The van der Waals surface area contributed by atoms with E-state index in [0.717, 1.165) is 23.6 Å². The summed E-state index contributed by atoms with van der Waals surface area (Å²) in [5.74, 6) is -2.19. The summed E-state index contributed by atoms with van der Waals surface area (Å²) in [5.41, 5.74) is 0.00809. The fraction of sp³-hybridized carbons (Fsp3) is 0. The molecule has 0 saturated heterocycles. The molecule has 7 heteroatoms. The van der Waals surface area contributed by atoms with E-state index in [1.54, 1.807) is 30.3 Å². The summed E-state index contributed by atoms with van der Waals surface area (Å²) in [7, 11) is -3.92. The van der Waals surface area contributed by atoms with Gasteiger partial charge in [0.2, 0.25) is 0 Å². The van der Waals surface area contributed by atoms with Crippen LogP contribution >= 0.6 is 0 Å². The molecular formula is C15H12FNO4S. The molecule has 0 saturated carbocycles. The summed E-state index contributed by atoms with van der Waals surface area (Å²) in [5, 5.41) is 9.89. The summed E-state index contributed by atoms with van der Waals surface area (Å²) < 4.78 is 39.1. The zero-order valence-electron chi connectivity index (χ0n) is 11.2. The van der Waals surface area contributed by atoms with Crippen LogP contribution in [0.1, 0.15) is 15.9 Å². The molecule has 5 nitrogen and oxygen atoms in total. The highest BCUT2D eigenvalue weighted by molar-refractivity contribution is 7.95. The molecule has 0 atom stereocenters. The van der Waals surface area contributed by atoms with Gasteiger partial charge < -0.3 is 5.11 Å². The second kappa shape index (κ2) is 6.40. The first kappa shape index (κ1) is 15.7. The van der Waals surface area contributed by atoms with E-state index in [1.165, 1.54) is 6.08 Å². The van der Waals surface area contributed by atoms with E-state index >= 15 is 0 Å². The molecule has 0 aliphatic rings. The van der Waals surface area contributed by atoms with Gasteiger partial charge in [-0.2, -0.15) is 0 Å². The van der Waals surface area contributed by atoms with E-state index in [9.17, 15) is 17.6 Å². The van der Waals surface area contributed by atoms with Crippen molar-refractivity contribution in [3.8, 4) is 0 Å². The van der Waals surface area contributed by atoms with Gasteiger partial charge in [-0.25, -0.2) is 17.6 Å². The van der Waals surface area contributed by atoms with Crippen molar-refractivity contribution in [1.29, 1.82) is 0 Å². The Morgan fingerprint density at radius 2 is 1.82 bits per heavy atom. The van der Waals surface area contributed by atoms with Gasteiger partial charge in [0.1, 0.15) is 5.82 Å². The molecule has 0 amide bonds. The van der Waals surface area contributed by atoms with Crippen LogP contribution in [0.4, 0.5) is 10.1 Å². The van der Waals surface area contributed by atoms with E-state index in [4.69, 9.17) is 5.11 Å². The summed E-state index contributed by atoms with van der Waals surface area (Å²) in [4.78, 5) is 11.0. The standard InChI is InChI=1S/C15H12FNO4S/c16-12-6-7-14(13(10-12)15(18)19)17-22(20,21)9-8-11-4-2-1-3-5-11/h1-10,17H,(H,18,19)/b9-8+. The monoisotopic (exact) mass is 321 g/mol. The average molecular weight is 321 g/mol. The highest BCUT2D eigenvalue weighted by atomic mass is 32.2. The van der Waals surface area contributed by atoms with Crippen molar-refractivity contribution in [1.82, 2.24) is 0 Å². The van der Waals surface area contributed by atoms with Gasteiger partial charge in [0, 0.05) is 0 Å². The lowest BCUT2D eigenvalue weighted by molar-refractivity contribution is 0.0697. The lowest BCUT2D eigenvalue weighted by Crippen LogP contribution is -2.12. The van der Waals surface area contributed by atoms with E-state index < -0.39 is 27.4 Å². The molecule has 0 aliphatic heterocycles. The number of anilines is 1. The van der Waals surface area contributed by atoms with E-state index in [-0.39, 0.29) is 5.69 Å². The summed E-state index contributed by atoms with van der Waals surface area (Å²) in [6.07, 6.45) is 1.37. The van der Waals surface area contributed by atoms with Crippen LogP contribution in [0.15, 0.2) is 53.9 Å². The van der Waals surface area contributed by atoms with Crippen LogP contribution in [0.5, 0.6) is 0 Å². The van der Waals surface area contributed by atoms with Gasteiger partial charge >= 0.3 is 5.97 Å². The number of carboxylic acid groups (broad SMARTS) is 1. The SMILES string of the molecule is O=C(O)c1cc(F)ccc1NS(=O)(=O)/C=C/c1ccccc1. The molecular weight excluding hydrogens is 309 g/mol. The smallest absolute Gasteiger partial charge is 0.337 e. The Bertz CT molecular complexity index is 817. The Kier molecular flexibility index (Phi) is 4.57. The van der Waals surface area contributed by atoms with Crippen LogP contribution in [0.2, 0.25) is 0 Å². The van der Waals surface area contributed by atoms with Crippen molar-refractivity contribution in [2.24, 2.45) is 0 Å². The predicted molar refractivity (Wildman–Crippen MR) is 81.4 cm³/mol. The number of hydrogen-bond donors (Lipinski definition) is 2. The molecule has 0 aromatic heterocycles. The van der Waals surface area contributed by atoms with Gasteiger partial charge in [-0.05, 0) is 29.8 Å². The second-order valence-corrected chi connectivity index (χ2v) is 5.92. The normalized spacial score (nSPS) is 11.5. The first-order valence-corrected chi connectivity index (χ1v) is 7.71.